The maximum absolute atomic E-state index is 12.3. The highest BCUT2D eigenvalue weighted by molar-refractivity contribution is 5.86. The number of hydrogen-bond acceptors (Lipinski definition) is 6. The molecule has 1 fully saturated rings. The highest BCUT2D eigenvalue weighted by Crippen LogP contribution is 2.35. The third-order valence-electron chi connectivity index (χ3n) is 4.62. The molecule has 1 amide bonds. The van der Waals surface area contributed by atoms with Crippen LogP contribution in [0.25, 0.3) is 11.0 Å². The van der Waals surface area contributed by atoms with Gasteiger partial charge in [0.1, 0.15) is 17.7 Å². The molecule has 0 spiro atoms. The minimum atomic E-state index is -1.11. The minimum Gasteiger partial charge on any atom is -0.384 e. The van der Waals surface area contributed by atoms with Crippen molar-refractivity contribution in [1.29, 1.82) is 5.26 Å². The van der Waals surface area contributed by atoms with E-state index in [0.717, 1.165) is 12.1 Å². The number of carbonyl (C=O) groups is 1. The summed E-state index contributed by atoms with van der Waals surface area (Å²) in [4.78, 5) is 21.0. The maximum atomic E-state index is 12.3. The van der Waals surface area contributed by atoms with Crippen LogP contribution in [0, 0.1) is 17.2 Å². The topological polar surface area (TPSA) is 111 Å². The lowest BCUT2D eigenvalue weighted by atomic mass is 9.78. The number of hydrogen-bond donors (Lipinski definition) is 3. The summed E-state index contributed by atoms with van der Waals surface area (Å²) in [5.41, 5.74) is 1.66. The molecule has 0 saturated carbocycles. The van der Waals surface area contributed by atoms with Crippen molar-refractivity contribution < 1.29 is 9.90 Å². The van der Waals surface area contributed by atoms with Crippen LogP contribution in [-0.2, 0) is 10.3 Å². The number of aliphatic hydroxyl groups is 1. The standard InChI is InChI=1S/C18H21N5O2/c1-11-7-18(10-20-9-11,23-17(25)12(2)24)14-4-3-13(8-19)15-16(14)22-6-5-21-15/h3-6,11-12,20,24H,7,9-10H2,1-2H3,(H,23,25)/t11-,12?,18-/m0/s1. The van der Waals surface area contributed by atoms with Crippen LogP contribution < -0.4 is 10.6 Å². The fraction of sp³-hybridized carbons (Fsp3) is 0.444. The molecule has 1 saturated heterocycles. The van der Waals surface area contributed by atoms with Crippen molar-refractivity contribution in [2.45, 2.75) is 31.9 Å². The van der Waals surface area contributed by atoms with E-state index >= 15 is 0 Å². The van der Waals surface area contributed by atoms with Crippen molar-refractivity contribution in [3.63, 3.8) is 0 Å². The zero-order valence-electron chi connectivity index (χ0n) is 14.3. The molecular weight excluding hydrogens is 318 g/mol. The van der Waals surface area contributed by atoms with Crippen molar-refractivity contribution in [2.24, 2.45) is 5.92 Å². The van der Waals surface area contributed by atoms with E-state index in [-0.39, 0.29) is 0 Å². The molecule has 0 radical (unpaired) electrons. The normalized spacial score (nSPS) is 24.5. The van der Waals surface area contributed by atoms with Gasteiger partial charge in [0.15, 0.2) is 0 Å². The number of benzene rings is 1. The molecule has 1 aromatic heterocycles. The summed E-state index contributed by atoms with van der Waals surface area (Å²) >= 11 is 0. The second kappa shape index (κ2) is 6.75. The first-order valence-electron chi connectivity index (χ1n) is 8.32. The smallest absolute Gasteiger partial charge is 0.249 e. The Morgan fingerprint density at radius 1 is 1.44 bits per heavy atom. The average molecular weight is 339 g/mol. The van der Waals surface area contributed by atoms with Gasteiger partial charge in [-0.3, -0.25) is 14.8 Å². The summed E-state index contributed by atoms with van der Waals surface area (Å²) in [6.45, 7) is 4.92. The Balaban J connectivity index is 2.19. The Kier molecular flexibility index (Phi) is 4.66. The molecule has 7 nitrogen and oxygen atoms in total. The van der Waals surface area contributed by atoms with Crippen molar-refractivity contribution in [3.8, 4) is 6.07 Å². The number of piperidine rings is 1. The number of aromatic nitrogens is 2. The predicted molar refractivity (Wildman–Crippen MR) is 92.4 cm³/mol. The van der Waals surface area contributed by atoms with Gasteiger partial charge in [-0.15, -0.1) is 0 Å². The maximum Gasteiger partial charge on any atom is 0.249 e. The quantitative estimate of drug-likeness (QED) is 0.763. The Morgan fingerprint density at radius 3 is 2.80 bits per heavy atom. The number of nitrogens with zero attached hydrogens (tertiary/aromatic N) is 3. The lowest BCUT2D eigenvalue weighted by molar-refractivity contribution is -0.131. The van der Waals surface area contributed by atoms with Crippen LogP contribution in [-0.4, -0.2) is 40.2 Å². The number of rotatable bonds is 3. The Labute approximate surface area is 146 Å². The van der Waals surface area contributed by atoms with Crippen LogP contribution in [0.3, 0.4) is 0 Å². The van der Waals surface area contributed by atoms with Crippen LogP contribution in [0.2, 0.25) is 0 Å². The van der Waals surface area contributed by atoms with E-state index in [1.54, 1.807) is 18.5 Å². The third kappa shape index (κ3) is 3.18. The first-order valence-corrected chi connectivity index (χ1v) is 8.32. The molecule has 1 aliphatic rings. The van der Waals surface area contributed by atoms with E-state index in [1.807, 2.05) is 6.07 Å². The van der Waals surface area contributed by atoms with E-state index in [1.165, 1.54) is 6.92 Å². The Morgan fingerprint density at radius 2 is 2.16 bits per heavy atom. The molecule has 1 aromatic carbocycles. The fourth-order valence-electron chi connectivity index (χ4n) is 3.51. The Bertz CT molecular complexity index is 845. The SMILES string of the molecule is CC(O)C(=O)N[C@]1(c2ccc(C#N)c3nccnc23)CNC[C@@H](C)C1. The average Bonchev–Trinajstić information content (AvgIpc) is 2.60. The van der Waals surface area contributed by atoms with Crippen molar-refractivity contribution >= 4 is 16.9 Å². The minimum absolute atomic E-state index is 0.324. The van der Waals surface area contributed by atoms with Crippen molar-refractivity contribution in [2.75, 3.05) is 13.1 Å². The lowest BCUT2D eigenvalue weighted by Gasteiger charge is -2.42. The monoisotopic (exact) mass is 339 g/mol. The molecule has 25 heavy (non-hydrogen) atoms. The van der Waals surface area contributed by atoms with Crippen LogP contribution >= 0.6 is 0 Å². The number of nitrogens with one attached hydrogen (secondary N) is 2. The molecule has 2 heterocycles. The lowest BCUT2D eigenvalue weighted by Crippen LogP contribution is -2.58. The van der Waals surface area contributed by atoms with Gasteiger partial charge in [0.25, 0.3) is 0 Å². The van der Waals surface area contributed by atoms with Crippen LogP contribution in [0.4, 0.5) is 0 Å². The van der Waals surface area contributed by atoms with E-state index in [9.17, 15) is 15.2 Å². The van der Waals surface area contributed by atoms with Gasteiger partial charge in [0, 0.05) is 24.5 Å². The zero-order chi connectivity index (χ0) is 18.0. The molecule has 1 unspecified atom stereocenters. The second-order valence-electron chi connectivity index (χ2n) is 6.71. The number of carbonyl (C=O) groups excluding carboxylic acids is 1. The van der Waals surface area contributed by atoms with E-state index in [2.05, 4.69) is 33.6 Å². The highest BCUT2D eigenvalue weighted by Gasteiger charge is 2.40. The van der Waals surface area contributed by atoms with Crippen LogP contribution in [0.15, 0.2) is 24.5 Å². The molecule has 0 aliphatic carbocycles. The van der Waals surface area contributed by atoms with E-state index in [4.69, 9.17) is 0 Å². The number of amides is 1. The van der Waals surface area contributed by atoms with Gasteiger partial charge in [0.2, 0.25) is 5.91 Å². The predicted octanol–water partition coefficient (Wildman–Crippen LogP) is 0.823. The molecule has 3 atom stereocenters. The summed E-state index contributed by atoms with van der Waals surface area (Å²) in [6, 6.07) is 5.68. The van der Waals surface area contributed by atoms with Gasteiger partial charge in [-0.25, -0.2) is 0 Å². The van der Waals surface area contributed by atoms with Gasteiger partial charge in [-0.1, -0.05) is 13.0 Å². The Hall–Kier alpha value is -2.56. The van der Waals surface area contributed by atoms with Gasteiger partial charge in [-0.05, 0) is 31.9 Å². The van der Waals surface area contributed by atoms with Gasteiger partial charge in [0.05, 0.1) is 16.6 Å². The molecular formula is C18H21N5O2. The summed E-state index contributed by atoms with van der Waals surface area (Å²) in [5.74, 6) is -0.109. The first kappa shape index (κ1) is 17.3. The number of fused-ring (bicyclic) bond motifs is 1. The third-order valence-corrected chi connectivity index (χ3v) is 4.62. The number of nitriles is 1. The zero-order valence-corrected chi connectivity index (χ0v) is 14.3. The van der Waals surface area contributed by atoms with Crippen LogP contribution in [0.1, 0.15) is 31.4 Å². The molecule has 2 aromatic rings. The largest absolute Gasteiger partial charge is 0.384 e. The molecule has 3 rings (SSSR count). The van der Waals surface area contributed by atoms with Crippen molar-refractivity contribution in [1.82, 2.24) is 20.6 Å². The fourth-order valence-corrected chi connectivity index (χ4v) is 3.51. The van der Waals surface area contributed by atoms with E-state index in [0.29, 0.717) is 35.5 Å². The number of aliphatic hydroxyl groups excluding tert-OH is 1. The summed E-state index contributed by atoms with van der Waals surface area (Å²) in [5, 5.41) is 25.4. The molecule has 130 valence electrons. The van der Waals surface area contributed by atoms with E-state index < -0.39 is 17.6 Å². The van der Waals surface area contributed by atoms with Gasteiger partial charge < -0.3 is 15.7 Å². The van der Waals surface area contributed by atoms with Crippen molar-refractivity contribution in [3.05, 3.63) is 35.7 Å². The summed E-state index contributed by atoms with van der Waals surface area (Å²) < 4.78 is 0. The molecule has 3 N–H and O–H groups in total. The molecule has 0 bridgehead atoms. The summed E-state index contributed by atoms with van der Waals surface area (Å²) in [6.07, 6.45) is 2.73. The molecule has 7 heteroatoms. The second-order valence-corrected chi connectivity index (χ2v) is 6.71. The van der Waals surface area contributed by atoms with Gasteiger partial charge >= 0.3 is 0 Å². The summed E-state index contributed by atoms with van der Waals surface area (Å²) in [7, 11) is 0. The van der Waals surface area contributed by atoms with Gasteiger partial charge in [-0.2, -0.15) is 5.26 Å². The first-order chi connectivity index (χ1) is 12.0. The molecule has 1 aliphatic heterocycles. The van der Waals surface area contributed by atoms with Crippen LogP contribution in [0.5, 0.6) is 0 Å². The highest BCUT2D eigenvalue weighted by atomic mass is 16.3.